The molecule has 0 spiro atoms. The second-order valence-corrected chi connectivity index (χ2v) is 3.20. The Bertz CT molecular complexity index is 180. The van der Waals surface area contributed by atoms with Gasteiger partial charge in [-0.25, -0.2) is 4.79 Å². The van der Waals surface area contributed by atoms with E-state index >= 15 is 0 Å². The van der Waals surface area contributed by atoms with Gasteiger partial charge in [0.25, 0.3) is 0 Å². The number of esters is 1. The Morgan fingerprint density at radius 2 is 2.50 bits per heavy atom. The topological polar surface area (TPSA) is 56.8 Å². The molecule has 1 saturated heterocycles. The molecule has 5 heteroatoms. The Morgan fingerprint density at radius 3 is 3.07 bits per heavy atom. The maximum Gasteiger partial charge on any atom is 0.334 e. The molecule has 1 fully saturated rings. The minimum absolute atomic E-state index is 0.0378. The van der Waals surface area contributed by atoms with E-state index in [4.69, 9.17) is 9.47 Å². The lowest BCUT2D eigenvalue weighted by Gasteiger charge is -2.24. The summed E-state index contributed by atoms with van der Waals surface area (Å²) in [6.07, 6.45) is -0.485. The van der Waals surface area contributed by atoms with Crippen molar-refractivity contribution in [3.05, 3.63) is 0 Å². The van der Waals surface area contributed by atoms with Crippen LogP contribution >= 0.6 is 0 Å². The average molecular weight is 203 g/mol. The number of morpholine rings is 1. The summed E-state index contributed by atoms with van der Waals surface area (Å²) in [5, 5.41) is 3.18. The maximum absolute atomic E-state index is 11.0. The molecule has 2 atom stereocenters. The highest BCUT2D eigenvalue weighted by molar-refractivity contribution is 5.73. The summed E-state index contributed by atoms with van der Waals surface area (Å²) in [6, 6.07) is 0. The number of methoxy groups -OCH3 is 1. The van der Waals surface area contributed by atoms with E-state index in [1.54, 1.807) is 6.92 Å². The molecule has 0 amide bonds. The molecule has 0 aromatic heterocycles. The standard InChI is InChI=1S/C9H17NO4/c1-7(9(11)12-2)14-6-8-5-10-3-4-13-8/h7-8,10H,3-6H2,1-2H3. The molecule has 0 radical (unpaired) electrons. The maximum atomic E-state index is 11.0. The molecule has 0 bridgehead atoms. The van der Waals surface area contributed by atoms with Gasteiger partial charge in [-0.3, -0.25) is 0 Å². The predicted molar refractivity (Wildman–Crippen MR) is 50.0 cm³/mol. The van der Waals surface area contributed by atoms with Crippen LogP contribution < -0.4 is 5.32 Å². The van der Waals surface area contributed by atoms with Crippen molar-refractivity contribution < 1.29 is 19.0 Å². The summed E-state index contributed by atoms with van der Waals surface area (Å²) >= 11 is 0. The van der Waals surface area contributed by atoms with Crippen LogP contribution in [0.1, 0.15) is 6.92 Å². The van der Waals surface area contributed by atoms with Crippen LogP contribution in [-0.2, 0) is 19.0 Å². The van der Waals surface area contributed by atoms with Crippen LogP contribution in [0.25, 0.3) is 0 Å². The van der Waals surface area contributed by atoms with E-state index in [2.05, 4.69) is 10.1 Å². The molecule has 5 nitrogen and oxygen atoms in total. The Morgan fingerprint density at radius 1 is 1.71 bits per heavy atom. The smallest absolute Gasteiger partial charge is 0.334 e. The van der Waals surface area contributed by atoms with Crippen LogP contribution in [0.2, 0.25) is 0 Å². The lowest BCUT2D eigenvalue weighted by atomic mass is 10.3. The molecule has 82 valence electrons. The van der Waals surface area contributed by atoms with Crippen molar-refractivity contribution in [2.75, 3.05) is 33.4 Å². The van der Waals surface area contributed by atoms with E-state index in [1.165, 1.54) is 7.11 Å². The molecular weight excluding hydrogens is 186 g/mol. The summed E-state index contributed by atoms with van der Waals surface area (Å²) in [5.41, 5.74) is 0. The molecule has 0 aromatic rings. The first-order valence-electron chi connectivity index (χ1n) is 4.75. The lowest BCUT2D eigenvalue weighted by molar-refractivity contribution is -0.155. The molecule has 1 rings (SSSR count). The van der Waals surface area contributed by atoms with E-state index in [-0.39, 0.29) is 12.1 Å². The third-order valence-electron chi connectivity index (χ3n) is 2.07. The highest BCUT2D eigenvalue weighted by Gasteiger charge is 2.18. The Kier molecular flexibility index (Phi) is 4.86. The molecule has 1 heterocycles. The summed E-state index contributed by atoms with van der Waals surface area (Å²) in [7, 11) is 1.35. The van der Waals surface area contributed by atoms with Gasteiger partial charge in [-0.1, -0.05) is 0 Å². The molecule has 14 heavy (non-hydrogen) atoms. The fraction of sp³-hybridized carbons (Fsp3) is 0.889. The first-order valence-corrected chi connectivity index (χ1v) is 4.75. The fourth-order valence-electron chi connectivity index (χ4n) is 1.21. The van der Waals surface area contributed by atoms with Gasteiger partial charge in [0.15, 0.2) is 6.10 Å². The SMILES string of the molecule is COC(=O)C(C)OCC1CNCCO1. The van der Waals surface area contributed by atoms with Gasteiger partial charge in [-0.15, -0.1) is 0 Å². The molecule has 1 aliphatic heterocycles. The molecule has 1 N–H and O–H groups in total. The molecule has 1 aliphatic rings. The molecule has 2 unspecified atom stereocenters. The van der Waals surface area contributed by atoms with Gasteiger partial charge in [-0.2, -0.15) is 0 Å². The van der Waals surface area contributed by atoms with E-state index in [0.717, 1.165) is 13.1 Å². The van der Waals surface area contributed by atoms with Gasteiger partial charge >= 0.3 is 5.97 Å². The molecule has 0 aromatic carbocycles. The highest BCUT2D eigenvalue weighted by Crippen LogP contribution is 2.00. The second-order valence-electron chi connectivity index (χ2n) is 3.20. The summed E-state index contributed by atoms with van der Waals surface area (Å²) in [4.78, 5) is 11.0. The first kappa shape index (κ1) is 11.4. The Labute approximate surface area is 83.7 Å². The summed E-state index contributed by atoms with van der Waals surface area (Å²) in [5.74, 6) is -0.353. The summed E-state index contributed by atoms with van der Waals surface area (Å²) < 4.78 is 15.2. The van der Waals surface area contributed by atoms with E-state index in [0.29, 0.717) is 13.2 Å². The number of carbonyl (C=O) groups excluding carboxylic acids is 1. The summed E-state index contributed by atoms with van der Waals surface area (Å²) in [6.45, 7) is 4.43. The van der Waals surface area contributed by atoms with Gasteiger partial charge in [0.1, 0.15) is 0 Å². The number of hydrogen-bond donors (Lipinski definition) is 1. The van der Waals surface area contributed by atoms with Crippen LogP contribution in [0, 0.1) is 0 Å². The Balaban J connectivity index is 2.15. The number of carbonyl (C=O) groups is 1. The fourth-order valence-corrected chi connectivity index (χ4v) is 1.21. The van der Waals surface area contributed by atoms with Gasteiger partial charge < -0.3 is 19.5 Å². The van der Waals surface area contributed by atoms with Crippen LogP contribution in [0.5, 0.6) is 0 Å². The van der Waals surface area contributed by atoms with Crippen molar-refractivity contribution in [1.82, 2.24) is 5.32 Å². The van der Waals surface area contributed by atoms with Crippen LogP contribution in [0.4, 0.5) is 0 Å². The highest BCUT2D eigenvalue weighted by atomic mass is 16.6. The zero-order valence-corrected chi connectivity index (χ0v) is 8.62. The number of rotatable bonds is 4. The van der Waals surface area contributed by atoms with Gasteiger partial charge in [0.05, 0.1) is 26.4 Å². The largest absolute Gasteiger partial charge is 0.467 e. The van der Waals surface area contributed by atoms with E-state index in [1.807, 2.05) is 0 Å². The second kappa shape index (κ2) is 5.95. The molecule has 0 aliphatic carbocycles. The number of hydrogen-bond acceptors (Lipinski definition) is 5. The quantitative estimate of drug-likeness (QED) is 0.627. The lowest BCUT2D eigenvalue weighted by Crippen LogP contribution is -2.42. The van der Waals surface area contributed by atoms with Crippen molar-refractivity contribution in [2.24, 2.45) is 0 Å². The average Bonchev–Trinajstić information content (AvgIpc) is 2.26. The first-order chi connectivity index (χ1) is 6.74. The minimum atomic E-state index is -0.523. The van der Waals surface area contributed by atoms with Crippen LogP contribution in [0.15, 0.2) is 0 Å². The van der Waals surface area contributed by atoms with Crippen molar-refractivity contribution in [2.45, 2.75) is 19.1 Å². The van der Waals surface area contributed by atoms with Crippen molar-refractivity contribution >= 4 is 5.97 Å². The van der Waals surface area contributed by atoms with E-state index < -0.39 is 6.10 Å². The third-order valence-corrected chi connectivity index (χ3v) is 2.07. The third kappa shape index (κ3) is 3.61. The van der Waals surface area contributed by atoms with Crippen molar-refractivity contribution in [3.8, 4) is 0 Å². The minimum Gasteiger partial charge on any atom is -0.467 e. The normalized spacial score (nSPS) is 24.3. The molecule has 0 saturated carbocycles. The zero-order chi connectivity index (χ0) is 10.4. The number of nitrogens with one attached hydrogen (secondary N) is 1. The monoisotopic (exact) mass is 203 g/mol. The van der Waals surface area contributed by atoms with Gasteiger partial charge in [-0.05, 0) is 6.92 Å². The van der Waals surface area contributed by atoms with Crippen LogP contribution in [0.3, 0.4) is 0 Å². The predicted octanol–water partition coefficient (Wildman–Crippen LogP) is -0.447. The van der Waals surface area contributed by atoms with Crippen LogP contribution in [-0.4, -0.2) is 51.6 Å². The molecular formula is C9H17NO4. The zero-order valence-electron chi connectivity index (χ0n) is 8.62. The van der Waals surface area contributed by atoms with Gasteiger partial charge in [0, 0.05) is 13.1 Å². The Hall–Kier alpha value is -0.650. The van der Waals surface area contributed by atoms with Crippen molar-refractivity contribution in [1.29, 1.82) is 0 Å². The number of ether oxygens (including phenoxy) is 3. The van der Waals surface area contributed by atoms with Gasteiger partial charge in [0.2, 0.25) is 0 Å². The van der Waals surface area contributed by atoms with Crippen molar-refractivity contribution in [3.63, 3.8) is 0 Å². The van der Waals surface area contributed by atoms with E-state index in [9.17, 15) is 4.79 Å².